The fourth-order valence-corrected chi connectivity index (χ4v) is 2.55. The Kier molecular flexibility index (Phi) is 3.62. The van der Waals surface area contributed by atoms with Crippen molar-refractivity contribution in [2.45, 2.75) is 31.7 Å². The second-order valence-electron chi connectivity index (χ2n) is 4.86. The lowest BCUT2D eigenvalue weighted by Gasteiger charge is -2.39. The smallest absolute Gasteiger partial charge is 0.0434 e. The third-order valence-electron chi connectivity index (χ3n) is 3.64. The topological polar surface area (TPSA) is 29.3 Å². The molecule has 16 heavy (non-hydrogen) atoms. The second-order valence-corrected chi connectivity index (χ2v) is 4.86. The van der Waals surface area contributed by atoms with Crippen LogP contribution in [0.5, 0.6) is 0 Å². The maximum Gasteiger partial charge on any atom is 0.0434 e. The molecular weight excluding hydrogens is 196 g/mol. The van der Waals surface area contributed by atoms with E-state index in [0.717, 1.165) is 25.9 Å². The number of nitrogens with two attached hydrogens (primary N) is 1. The number of likely N-dealkylation sites (tertiary alicyclic amines) is 1. The fourth-order valence-electron chi connectivity index (χ4n) is 2.55. The van der Waals surface area contributed by atoms with Gasteiger partial charge in [0.05, 0.1) is 0 Å². The summed E-state index contributed by atoms with van der Waals surface area (Å²) in [4.78, 5) is 2.52. The van der Waals surface area contributed by atoms with Gasteiger partial charge in [0, 0.05) is 18.6 Å². The third kappa shape index (κ3) is 2.45. The first-order valence-corrected chi connectivity index (χ1v) is 6.31. The second kappa shape index (κ2) is 4.98. The largest absolute Gasteiger partial charge is 0.321 e. The summed E-state index contributed by atoms with van der Waals surface area (Å²) in [5.74, 6) is 0. The predicted molar refractivity (Wildman–Crippen MR) is 68.3 cm³/mol. The molecule has 1 aromatic carbocycles. The molecule has 1 aliphatic rings. The van der Waals surface area contributed by atoms with Gasteiger partial charge in [-0.1, -0.05) is 37.3 Å². The fraction of sp³-hybridized carbons (Fsp3) is 0.571. The van der Waals surface area contributed by atoms with Crippen molar-refractivity contribution in [1.82, 2.24) is 4.90 Å². The van der Waals surface area contributed by atoms with Gasteiger partial charge in [0.2, 0.25) is 0 Å². The minimum atomic E-state index is -0.0918. The molecule has 0 bridgehead atoms. The van der Waals surface area contributed by atoms with Crippen LogP contribution in [0.4, 0.5) is 0 Å². The van der Waals surface area contributed by atoms with Gasteiger partial charge in [0.1, 0.15) is 0 Å². The molecule has 0 radical (unpaired) electrons. The molecule has 0 aliphatic carbocycles. The predicted octanol–water partition coefficient (Wildman–Crippen LogP) is 2.35. The Labute approximate surface area is 98.4 Å². The normalized spacial score (nSPS) is 20.9. The maximum absolute atomic E-state index is 6.51. The summed E-state index contributed by atoms with van der Waals surface area (Å²) in [5.41, 5.74) is 7.72. The van der Waals surface area contributed by atoms with Crippen LogP contribution in [-0.4, -0.2) is 24.5 Å². The van der Waals surface area contributed by atoms with Gasteiger partial charge in [-0.05, 0) is 31.4 Å². The molecule has 0 aromatic heterocycles. The molecule has 2 N–H and O–H groups in total. The van der Waals surface area contributed by atoms with Gasteiger partial charge in [-0.3, -0.25) is 0 Å². The van der Waals surface area contributed by atoms with Crippen molar-refractivity contribution in [2.24, 2.45) is 5.73 Å². The number of hydrogen-bond acceptors (Lipinski definition) is 2. The van der Waals surface area contributed by atoms with Gasteiger partial charge in [0.25, 0.3) is 0 Å². The molecule has 0 spiro atoms. The van der Waals surface area contributed by atoms with Crippen molar-refractivity contribution in [1.29, 1.82) is 0 Å². The molecule has 0 atom stereocenters. The van der Waals surface area contributed by atoms with Gasteiger partial charge >= 0.3 is 0 Å². The Balaban J connectivity index is 2.01. The van der Waals surface area contributed by atoms with Crippen molar-refractivity contribution < 1.29 is 0 Å². The van der Waals surface area contributed by atoms with Crippen LogP contribution in [0.15, 0.2) is 30.3 Å². The number of hydrogen-bond donors (Lipinski definition) is 1. The summed E-state index contributed by atoms with van der Waals surface area (Å²) < 4.78 is 0. The van der Waals surface area contributed by atoms with E-state index in [-0.39, 0.29) is 5.54 Å². The van der Waals surface area contributed by atoms with E-state index in [2.05, 4.69) is 42.2 Å². The van der Waals surface area contributed by atoms with Gasteiger partial charge in [-0.15, -0.1) is 0 Å². The molecule has 0 saturated carbocycles. The Morgan fingerprint density at radius 3 is 2.38 bits per heavy atom. The van der Waals surface area contributed by atoms with E-state index in [9.17, 15) is 0 Å². The first-order valence-electron chi connectivity index (χ1n) is 6.31. The van der Waals surface area contributed by atoms with Gasteiger partial charge < -0.3 is 10.6 Å². The molecule has 1 heterocycles. The summed E-state index contributed by atoms with van der Waals surface area (Å²) in [5, 5.41) is 0. The Bertz CT molecular complexity index is 313. The quantitative estimate of drug-likeness (QED) is 0.844. The van der Waals surface area contributed by atoms with Crippen molar-refractivity contribution in [3.05, 3.63) is 35.9 Å². The lowest BCUT2D eigenvalue weighted by atomic mass is 9.82. The van der Waals surface area contributed by atoms with E-state index in [1.54, 1.807) is 0 Å². The van der Waals surface area contributed by atoms with Gasteiger partial charge in [-0.2, -0.15) is 0 Å². The lowest BCUT2D eigenvalue weighted by Crippen LogP contribution is -2.48. The molecule has 1 aromatic rings. The molecule has 1 fully saturated rings. The standard InChI is InChI=1S/C14H22N2/c1-2-10-16-11-8-14(15,9-12-16)13-6-4-3-5-7-13/h3-7H,2,8-12,15H2,1H3. The summed E-state index contributed by atoms with van der Waals surface area (Å²) in [6.45, 7) is 5.73. The van der Waals surface area contributed by atoms with Gasteiger partial charge in [0.15, 0.2) is 0 Å². The van der Waals surface area contributed by atoms with Crippen LogP contribution < -0.4 is 5.73 Å². The maximum atomic E-state index is 6.51. The highest BCUT2D eigenvalue weighted by molar-refractivity contribution is 5.24. The number of benzene rings is 1. The first kappa shape index (κ1) is 11.6. The van der Waals surface area contributed by atoms with Crippen molar-refractivity contribution >= 4 is 0 Å². The summed E-state index contributed by atoms with van der Waals surface area (Å²) in [6, 6.07) is 10.6. The summed E-state index contributed by atoms with van der Waals surface area (Å²) in [6.07, 6.45) is 3.40. The van der Waals surface area contributed by atoms with Crippen LogP contribution >= 0.6 is 0 Å². The van der Waals surface area contributed by atoms with Gasteiger partial charge in [-0.25, -0.2) is 0 Å². The highest BCUT2D eigenvalue weighted by atomic mass is 15.1. The van der Waals surface area contributed by atoms with E-state index < -0.39 is 0 Å². The monoisotopic (exact) mass is 218 g/mol. The molecule has 0 amide bonds. The summed E-state index contributed by atoms with van der Waals surface area (Å²) >= 11 is 0. The Hall–Kier alpha value is -0.860. The molecule has 1 saturated heterocycles. The molecule has 2 heteroatoms. The SMILES string of the molecule is CCCN1CCC(N)(c2ccccc2)CC1. The lowest BCUT2D eigenvalue weighted by molar-refractivity contribution is 0.162. The van der Waals surface area contributed by atoms with E-state index >= 15 is 0 Å². The van der Waals surface area contributed by atoms with Crippen molar-refractivity contribution in [2.75, 3.05) is 19.6 Å². The number of rotatable bonds is 3. The minimum absolute atomic E-state index is 0.0918. The van der Waals surface area contributed by atoms with Crippen LogP contribution in [-0.2, 0) is 5.54 Å². The molecule has 1 aliphatic heterocycles. The van der Waals surface area contributed by atoms with E-state index in [0.29, 0.717) is 0 Å². The third-order valence-corrected chi connectivity index (χ3v) is 3.64. The summed E-state index contributed by atoms with van der Waals surface area (Å²) in [7, 11) is 0. The molecule has 0 unspecified atom stereocenters. The Morgan fingerprint density at radius 2 is 1.81 bits per heavy atom. The van der Waals surface area contributed by atoms with Crippen LogP contribution in [0.3, 0.4) is 0 Å². The minimum Gasteiger partial charge on any atom is -0.321 e. The zero-order valence-corrected chi connectivity index (χ0v) is 10.2. The van der Waals surface area contributed by atoms with E-state index in [1.807, 2.05) is 0 Å². The van der Waals surface area contributed by atoms with Crippen LogP contribution in [0.1, 0.15) is 31.7 Å². The van der Waals surface area contributed by atoms with E-state index in [1.165, 1.54) is 18.5 Å². The highest BCUT2D eigenvalue weighted by Gasteiger charge is 2.31. The number of nitrogens with zero attached hydrogens (tertiary/aromatic N) is 1. The van der Waals surface area contributed by atoms with Crippen LogP contribution in [0, 0.1) is 0 Å². The highest BCUT2D eigenvalue weighted by Crippen LogP contribution is 2.29. The Morgan fingerprint density at radius 1 is 1.19 bits per heavy atom. The average molecular weight is 218 g/mol. The zero-order chi connectivity index (χ0) is 11.4. The van der Waals surface area contributed by atoms with Crippen molar-refractivity contribution in [3.63, 3.8) is 0 Å². The number of piperidine rings is 1. The average Bonchev–Trinajstić information content (AvgIpc) is 2.34. The van der Waals surface area contributed by atoms with Crippen LogP contribution in [0.2, 0.25) is 0 Å². The molecule has 2 nitrogen and oxygen atoms in total. The van der Waals surface area contributed by atoms with E-state index in [4.69, 9.17) is 5.73 Å². The van der Waals surface area contributed by atoms with Crippen molar-refractivity contribution in [3.8, 4) is 0 Å². The molecule has 2 rings (SSSR count). The van der Waals surface area contributed by atoms with Crippen LogP contribution in [0.25, 0.3) is 0 Å². The zero-order valence-electron chi connectivity index (χ0n) is 10.2. The molecular formula is C14H22N2. The first-order chi connectivity index (χ1) is 7.74. The molecule has 88 valence electrons.